The lowest BCUT2D eigenvalue weighted by atomic mass is 10.0. The Morgan fingerprint density at radius 3 is 2.79 bits per heavy atom. The van der Waals surface area contributed by atoms with Gasteiger partial charge in [-0.2, -0.15) is 0 Å². The van der Waals surface area contributed by atoms with Crippen molar-refractivity contribution in [3.05, 3.63) is 23.8 Å². The average Bonchev–Trinajstić information content (AvgIpc) is 2.35. The number of benzene rings is 1. The fourth-order valence-corrected chi connectivity index (χ4v) is 1.91. The summed E-state index contributed by atoms with van der Waals surface area (Å²) in [5.41, 5.74) is 1.00. The van der Waals surface area contributed by atoms with Gasteiger partial charge in [-0.1, -0.05) is 6.07 Å². The number of rotatable bonds is 6. The summed E-state index contributed by atoms with van der Waals surface area (Å²) < 4.78 is 10.7. The minimum absolute atomic E-state index is 0.104. The van der Waals surface area contributed by atoms with E-state index < -0.39 is 0 Å². The first-order valence-electron chi connectivity index (χ1n) is 6.52. The number of methoxy groups -OCH3 is 1. The number of carbonyl (C=O) groups is 1. The van der Waals surface area contributed by atoms with Crippen LogP contribution >= 0.6 is 0 Å². The van der Waals surface area contributed by atoms with E-state index in [1.54, 1.807) is 7.11 Å². The van der Waals surface area contributed by atoms with E-state index >= 15 is 0 Å². The fraction of sp³-hybridized carbons (Fsp3) is 0.500. The molecule has 1 aromatic rings. The Labute approximate surface area is 113 Å². The van der Waals surface area contributed by atoms with Gasteiger partial charge in [-0.25, -0.2) is 0 Å². The second kappa shape index (κ2) is 6.43. The molecule has 1 heterocycles. The van der Waals surface area contributed by atoms with Crippen LogP contribution in [0.3, 0.4) is 0 Å². The van der Waals surface area contributed by atoms with Crippen molar-refractivity contribution in [2.45, 2.75) is 13.5 Å². The molecule has 1 saturated heterocycles. The van der Waals surface area contributed by atoms with Crippen LogP contribution in [-0.4, -0.2) is 32.7 Å². The maximum Gasteiger partial charge on any atom is 0.225 e. The molecule has 19 heavy (non-hydrogen) atoms. The molecular formula is C14H20N2O3. The summed E-state index contributed by atoms with van der Waals surface area (Å²) in [6.45, 7) is 4.58. The van der Waals surface area contributed by atoms with E-state index in [1.807, 2.05) is 25.1 Å². The zero-order valence-corrected chi connectivity index (χ0v) is 11.4. The van der Waals surface area contributed by atoms with E-state index in [4.69, 9.17) is 9.47 Å². The van der Waals surface area contributed by atoms with Crippen molar-refractivity contribution in [1.29, 1.82) is 0 Å². The van der Waals surface area contributed by atoms with Crippen molar-refractivity contribution >= 4 is 5.91 Å². The highest BCUT2D eigenvalue weighted by atomic mass is 16.5. The van der Waals surface area contributed by atoms with Crippen LogP contribution in [0, 0.1) is 5.92 Å². The minimum atomic E-state index is 0.104. The molecule has 0 unspecified atom stereocenters. The van der Waals surface area contributed by atoms with Crippen LogP contribution in [0.5, 0.6) is 11.5 Å². The van der Waals surface area contributed by atoms with Gasteiger partial charge in [-0.05, 0) is 24.6 Å². The monoisotopic (exact) mass is 264 g/mol. The van der Waals surface area contributed by atoms with Crippen molar-refractivity contribution in [2.24, 2.45) is 5.92 Å². The standard InChI is InChI=1S/C14H20N2O3/c1-3-19-13-6-10(4-5-12(13)18-2)7-16-14(17)11-8-15-9-11/h4-6,11,15H,3,7-9H2,1-2H3,(H,16,17). The van der Waals surface area contributed by atoms with Gasteiger partial charge in [0.05, 0.1) is 19.6 Å². The van der Waals surface area contributed by atoms with Crippen molar-refractivity contribution in [3.63, 3.8) is 0 Å². The van der Waals surface area contributed by atoms with Gasteiger partial charge in [-0.15, -0.1) is 0 Å². The van der Waals surface area contributed by atoms with Gasteiger partial charge in [0, 0.05) is 19.6 Å². The van der Waals surface area contributed by atoms with Crippen LogP contribution in [-0.2, 0) is 11.3 Å². The summed E-state index contributed by atoms with van der Waals surface area (Å²) >= 11 is 0. The van der Waals surface area contributed by atoms with Crippen molar-refractivity contribution in [1.82, 2.24) is 10.6 Å². The van der Waals surface area contributed by atoms with Gasteiger partial charge in [0.25, 0.3) is 0 Å². The molecule has 0 aliphatic carbocycles. The second-order valence-electron chi connectivity index (χ2n) is 4.49. The van der Waals surface area contributed by atoms with Crippen LogP contribution < -0.4 is 20.1 Å². The Morgan fingerprint density at radius 2 is 2.21 bits per heavy atom. The predicted molar refractivity (Wildman–Crippen MR) is 72.4 cm³/mol. The van der Waals surface area contributed by atoms with Crippen LogP contribution in [0.15, 0.2) is 18.2 Å². The first kappa shape index (κ1) is 13.7. The largest absolute Gasteiger partial charge is 0.493 e. The van der Waals surface area contributed by atoms with Gasteiger partial charge in [0.1, 0.15) is 0 Å². The highest BCUT2D eigenvalue weighted by molar-refractivity contribution is 5.80. The molecule has 0 radical (unpaired) electrons. The zero-order valence-electron chi connectivity index (χ0n) is 11.4. The molecule has 1 aromatic carbocycles. The third-order valence-corrected chi connectivity index (χ3v) is 3.15. The van der Waals surface area contributed by atoms with Crippen molar-refractivity contribution < 1.29 is 14.3 Å². The van der Waals surface area contributed by atoms with Crippen LogP contribution in [0.1, 0.15) is 12.5 Å². The summed E-state index contributed by atoms with van der Waals surface area (Å²) in [7, 11) is 1.61. The summed E-state index contributed by atoms with van der Waals surface area (Å²) in [6.07, 6.45) is 0. The Kier molecular flexibility index (Phi) is 4.63. The molecular weight excluding hydrogens is 244 g/mol. The fourth-order valence-electron chi connectivity index (χ4n) is 1.91. The lowest BCUT2D eigenvalue weighted by molar-refractivity contribution is -0.126. The normalized spacial score (nSPS) is 14.6. The number of hydrogen-bond acceptors (Lipinski definition) is 4. The molecule has 0 aromatic heterocycles. The molecule has 5 nitrogen and oxygen atoms in total. The lowest BCUT2D eigenvalue weighted by Gasteiger charge is -2.25. The lowest BCUT2D eigenvalue weighted by Crippen LogP contribution is -2.50. The minimum Gasteiger partial charge on any atom is -0.493 e. The van der Waals surface area contributed by atoms with E-state index in [0.29, 0.717) is 24.7 Å². The van der Waals surface area contributed by atoms with Crippen molar-refractivity contribution in [3.8, 4) is 11.5 Å². The third-order valence-electron chi connectivity index (χ3n) is 3.15. The molecule has 0 spiro atoms. The zero-order chi connectivity index (χ0) is 13.7. The second-order valence-corrected chi connectivity index (χ2v) is 4.49. The van der Waals surface area contributed by atoms with E-state index in [-0.39, 0.29) is 11.8 Å². The van der Waals surface area contributed by atoms with Crippen LogP contribution in [0.2, 0.25) is 0 Å². The molecule has 5 heteroatoms. The molecule has 1 amide bonds. The Balaban J connectivity index is 1.95. The average molecular weight is 264 g/mol. The molecule has 0 atom stereocenters. The Bertz CT molecular complexity index is 444. The smallest absolute Gasteiger partial charge is 0.225 e. The molecule has 1 fully saturated rings. The molecule has 104 valence electrons. The van der Waals surface area contributed by atoms with E-state index in [9.17, 15) is 4.79 Å². The maximum absolute atomic E-state index is 11.7. The molecule has 2 N–H and O–H groups in total. The number of carbonyl (C=O) groups excluding carboxylic acids is 1. The van der Waals surface area contributed by atoms with E-state index in [2.05, 4.69) is 10.6 Å². The van der Waals surface area contributed by atoms with Crippen LogP contribution in [0.4, 0.5) is 0 Å². The predicted octanol–water partition coefficient (Wildman–Crippen LogP) is 0.929. The van der Waals surface area contributed by atoms with E-state index in [0.717, 1.165) is 18.7 Å². The topological polar surface area (TPSA) is 59.6 Å². The number of amides is 1. The molecule has 1 aliphatic rings. The van der Waals surface area contributed by atoms with Gasteiger partial charge >= 0.3 is 0 Å². The summed E-state index contributed by atoms with van der Waals surface area (Å²) in [6, 6.07) is 5.69. The molecule has 2 rings (SSSR count). The number of ether oxygens (including phenoxy) is 2. The number of hydrogen-bond donors (Lipinski definition) is 2. The summed E-state index contributed by atoms with van der Waals surface area (Å²) in [5.74, 6) is 1.64. The molecule has 1 aliphatic heterocycles. The quantitative estimate of drug-likeness (QED) is 0.802. The van der Waals surface area contributed by atoms with Gasteiger partial charge in [-0.3, -0.25) is 4.79 Å². The highest BCUT2D eigenvalue weighted by Gasteiger charge is 2.24. The first-order chi connectivity index (χ1) is 9.24. The van der Waals surface area contributed by atoms with Gasteiger partial charge < -0.3 is 20.1 Å². The third kappa shape index (κ3) is 3.38. The summed E-state index contributed by atoms with van der Waals surface area (Å²) in [4.78, 5) is 11.7. The Morgan fingerprint density at radius 1 is 1.42 bits per heavy atom. The van der Waals surface area contributed by atoms with Gasteiger partial charge in [0.15, 0.2) is 11.5 Å². The number of nitrogens with one attached hydrogen (secondary N) is 2. The molecule has 0 saturated carbocycles. The first-order valence-corrected chi connectivity index (χ1v) is 6.52. The SMILES string of the molecule is CCOc1cc(CNC(=O)C2CNC2)ccc1OC. The Hall–Kier alpha value is -1.75. The van der Waals surface area contributed by atoms with Gasteiger partial charge in [0.2, 0.25) is 5.91 Å². The molecule has 0 bridgehead atoms. The van der Waals surface area contributed by atoms with E-state index in [1.165, 1.54) is 0 Å². The summed E-state index contributed by atoms with van der Waals surface area (Å²) in [5, 5.41) is 6.02. The highest BCUT2D eigenvalue weighted by Crippen LogP contribution is 2.27. The van der Waals surface area contributed by atoms with Crippen LogP contribution in [0.25, 0.3) is 0 Å². The maximum atomic E-state index is 11.7. The van der Waals surface area contributed by atoms with Crippen molar-refractivity contribution in [2.75, 3.05) is 26.8 Å².